The highest BCUT2D eigenvalue weighted by molar-refractivity contribution is 8.14. The minimum Gasteiger partial charge on any atom is -0.497 e. The summed E-state index contributed by atoms with van der Waals surface area (Å²) >= 11 is 1.19. The highest BCUT2D eigenvalue weighted by atomic mass is 32.2. The number of aryl methyl sites for hydroxylation is 2. The summed E-state index contributed by atoms with van der Waals surface area (Å²) in [7, 11) is 1.60. The van der Waals surface area contributed by atoms with Crippen molar-refractivity contribution in [1.82, 2.24) is 5.32 Å². The number of hydrogen-bond acceptors (Lipinski definition) is 6. The Morgan fingerprint density at radius 2 is 1.91 bits per heavy atom. The van der Waals surface area contributed by atoms with E-state index in [0.717, 1.165) is 35.3 Å². The van der Waals surface area contributed by atoms with Gasteiger partial charge in [-0.15, -0.1) is 0 Å². The van der Waals surface area contributed by atoms with Gasteiger partial charge in [-0.05, 0) is 86.6 Å². The van der Waals surface area contributed by atoms with Crippen LogP contribution in [0.5, 0.6) is 5.75 Å². The summed E-state index contributed by atoms with van der Waals surface area (Å²) in [5.41, 5.74) is 3.00. The lowest BCUT2D eigenvalue weighted by Gasteiger charge is -2.23. The number of ether oxygens (including phenoxy) is 1. The second kappa shape index (κ2) is 9.96. The third kappa shape index (κ3) is 5.57. The van der Waals surface area contributed by atoms with Crippen LogP contribution in [0.1, 0.15) is 36.5 Å². The number of methoxy groups -OCH3 is 1. The second-order valence-electron chi connectivity index (χ2n) is 9.11. The van der Waals surface area contributed by atoms with Crippen molar-refractivity contribution in [1.29, 1.82) is 5.26 Å². The van der Waals surface area contributed by atoms with Crippen LogP contribution in [0, 0.1) is 31.1 Å². The molecule has 180 valence electrons. The Labute approximate surface area is 209 Å². The van der Waals surface area contributed by atoms with E-state index < -0.39 is 5.54 Å². The maximum absolute atomic E-state index is 13.4. The van der Waals surface area contributed by atoms with Gasteiger partial charge in [-0.2, -0.15) is 5.26 Å². The van der Waals surface area contributed by atoms with Crippen molar-refractivity contribution in [2.45, 2.75) is 39.2 Å². The van der Waals surface area contributed by atoms with Crippen molar-refractivity contribution in [2.75, 3.05) is 17.8 Å². The third-order valence-electron chi connectivity index (χ3n) is 6.07. The smallest absolute Gasteiger partial charge is 0.283 e. The van der Waals surface area contributed by atoms with Crippen molar-refractivity contribution in [2.24, 2.45) is 10.9 Å². The van der Waals surface area contributed by atoms with E-state index in [-0.39, 0.29) is 29.2 Å². The quantitative estimate of drug-likeness (QED) is 0.575. The Kier molecular flexibility index (Phi) is 6.99. The van der Waals surface area contributed by atoms with Crippen LogP contribution in [-0.4, -0.2) is 35.4 Å². The van der Waals surface area contributed by atoms with Crippen molar-refractivity contribution >= 4 is 40.5 Å². The van der Waals surface area contributed by atoms with Gasteiger partial charge in [0.1, 0.15) is 17.0 Å². The topological polar surface area (TPSA) is 94.8 Å². The first kappa shape index (κ1) is 24.6. The number of carbonyl (C=O) groups is 2. The molecule has 1 saturated carbocycles. The second-order valence-corrected chi connectivity index (χ2v) is 10.1. The molecule has 7 nitrogen and oxygen atoms in total. The number of amidine groups is 1. The molecule has 0 saturated heterocycles. The molecular weight excluding hydrogens is 460 g/mol. The lowest BCUT2D eigenvalue weighted by Crippen LogP contribution is -2.47. The molecule has 0 bridgehead atoms. The molecule has 1 unspecified atom stereocenters. The molecule has 1 aliphatic heterocycles. The molecule has 0 radical (unpaired) electrons. The van der Waals surface area contributed by atoms with Crippen molar-refractivity contribution in [3.63, 3.8) is 0 Å². The van der Waals surface area contributed by atoms with E-state index in [1.807, 2.05) is 56.3 Å². The standard InChI is InChI=1S/C27H28N4O3S/c1-17-11-18(2)13-21(12-17)31-25(33)23(14-19-5-9-22(34-4)10-6-19)29-26(31)35-15-24(32)30-27(3,16-28)20-7-8-20/h5-6,9-14,20H,7-8,15H2,1-4H3,(H,30,32)/b23-14-. The molecule has 2 aromatic carbocycles. The van der Waals surface area contributed by atoms with Crippen LogP contribution in [0.15, 0.2) is 53.2 Å². The number of hydrogen-bond donors (Lipinski definition) is 1. The maximum Gasteiger partial charge on any atom is 0.283 e. The zero-order valence-corrected chi connectivity index (χ0v) is 21.1. The van der Waals surface area contributed by atoms with Crippen LogP contribution < -0.4 is 15.0 Å². The molecule has 2 aromatic rings. The van der Waals surface area contributed by atoms with Crippen molar-refractivity contribution in [3.05, 3.63) is 64.9 Å². The van der Waals surface area contributed by atoms with Crippen LogP contribution in [0.4, 0.5) is 5.69 Å². The predicted molar refractivity (Wildman–Crippen MR) is 139 cm³/mol. The number of nitrogens with zero attached hydrogens (tertiary/aromatic N) is 3. The molecule has 1 heterocycles. The predicted octanol–water partition coefficient (Wildman–Crippen LogP) is 4.60. The first-order valence-corrected chi connectivity index (χ1v) is 12.4. The Balaban J connectivity index is 1.59. The van der Waals surface area contributed by atoms with Gasteiger partial charge in [0.15, 0.2) is 5.17 Å². The average Bonchev–Trinajstić information content (AvgIpc) is 3.63. The van der Waals surface area contributed by atoms with E-state index in [1.165, 1.54) is 11.8 Å². The number of benzene rings is 2. The third-order valence-corrected chi connectivity index (χ3v) is 7.01. The van der Waals surface area contributed by atoms with E-state index in [9.17, 15) is 14.9 Å². The fourth-order valence-corrected chi connectivity index (χ4v) is 4.91. The van der Waals surface area contributed by atoms with Gasteiger partial charge in [0.2, 0.25) is 5.91 Å². The van der Waals surface area contributed by atoms with Gasteiger partial charge >= 0.3 is 0 Å². The monoisotopic (exact) mass is 488 g/mol. The summed E-state index contributed by atoms with van der Waals surface area (Å²) < 4.78 is 5.21. The molecule has 1 fully saturated rings. The highest BCUT2D eigenvalue weighted by Crippen LogP contribution is 2.39. The Morgan fingerprint density at radius 1 is 1.26 bits per heavy atom. The Bertz CT molecular complexity index is 1240. The number of carbonyl (C=O) groups excluding carboxylic acids is 2. The molecule has 1 aliphatic carbocycles. The number of nitrogens with one attached hydrogen (secondary N) is 1. The van der Waals surface area contributed by atoms with E-state index in [1.54, 1.807) is 25.0 Å². The first-order valence-electron chi connectivity index (χ1n) is 11.4. The fourth-order valence-electron chi connectivity index (χ4n) is 4.10. The Hall–Kier alpha value is -3.57. The van der Waals surface area contributed by atoms with E-state index in [2.05, 4.69) is 16.4 Å². The van der Waals surface area contributed by atoms with E-state index in [4.69, 9.17) is 4.74 Å². The summed E-state index contributed by atoms with van der Waals surface area (Å²) in [4.78, 5) is 32.3. The number of aliphatic imine (C=N–C) groups is 1. The molecule has 35 heavy (non-hydrogen) atoms. The van der Waals surface area contributed by atoms with Gasteiger partial charge in [0.25, 0.3) is 5.91 Å². The van der Waals surface area contributed by atoms with Crippen LogP contribution >= 0.6 is 11.8 Å². The molecule has 2 aliphatic rings. The summed E-state index contributed by atoms with van der Waals surface area (Å²) in [6.45, 7) is 5.72. The molecule has 8 heteroatoms. The minimum absolute atomic E-state index is 0.0488. The van der Waals surface area contributed by atoms with Crippen LogP contribution in [0.2, 0.25) is 0 Å². The fraction of sp³-hybridized carbons (Fsp3) is 0.333. The SMILES string of the molecule is COc1ccc(/C=C2\N=C(SCC(=O)NC(C)(C#N)C3CC3)N(c3cc(C)cc(C)c3)C2=O)cc1. The molecule has 0 aromatic heterocycles. The maximum atomic E-state index is 13.4. The van der Waals surface area contributed by atoms with Crippen LogP contribution in [0.3, 0.4) is 0 Å². The van der Waals surface area contributed by atoms with Crippen molar-refractivity contribution in [3.8, 4) is 11.8 Å². The van der Waals surface area contributed by atoms with E-state index in [0.29, 0.717) is 10.9 Å². The molecule has 2 amide bonds. The molecule has 1 N–H and O–H groups in total. The van der Waals surface area contributed by atoms with Gasteiger partial charge in [-0.3, -0.25) is 14.5 Å². The first-order chi connectivity index (χ1) is 16.7. The molecule has 4 rings (SSSR count). The summed E-state index contributed by atoms with van der Waals surface area (Å²) in [6, 6.07) is 15.5. The van der Waals surface area contributed by atoms with Gasteiger partial charge in [-0.25, -0.2) is 4.99 Å². The average molecular weight is 489 g/mol. The summed E-state index contributed by atoms with van der Waals surface area (Å²) in [5, 5.41) is 12.8. The number of nitriles is 1. The zero-order chi connectivity index (χ0) is 25.2. The van der Waals surface area contributed by atoms with Gasteiger partial charge in [0, 0.05) is 0 Å². The molecule has 0 spiro atoms. The lowest BCUT2D eigenvalue weighted by atomic mass is 9.98. The van der Waals surface area contributed by atoms with Gasteiger partial charge in [0.05, 0.1) is 24.6 Å². The summed E-state index contributed by atoms with van der Waals surface area (Å²) in [5.74, 6) is 0.455. The number of anilines is 1. The van der Waals surface area contributed by atoms with Gasteiger partial charge < -0.3 is 10.1 Å². The van der Waals surface area contributed by atoms with Gasteiger partial charge in [-0.1, -0.05) is 30.0 Å². The largest absolute Gasteiger partial charge is 0.497 e. The lowest BCUT2D eigenvalue weighted by molar-refractivity contribution is -0.120. The summed E-state index contributed by atoms with van der Waals surface area (Å²) in [6.07, 6.45) is 3.61. The van der Waals surface area contributed by atoms with E-state index >= 15 is 0 Å². The Morgan fingerprint density at radius 3 is 2.49 bits per heavy atom. The van der Waals surface area contributed by atoms with Crippen LogP contribution in [-0.2, 0) is 9.59 Å². The number of rotatable bonds is 7. The number of amides is 2. The normalized spacial score (nSPS) is 18.1. The minimum atomic E-state index is -0.863. The van der Waals surface area contributed by atoms with Crippen LogP contribution in [0.25, 0.3) is 6.08 Å². The highest BCUT2D eigenvalue weighted by Gasteiger charge is 2.43. The molecular formula is C27H28N4O3S. The number of thioether (sulfide) groups is 1. The molecule has 1 atom stereocenters. The van der Waals surface area contributed by atoms with Crippen molar-refractivity contribution < 1.29 is 14.3 Å². The zero-order valence-electron chi connectivity index (χ0n) is 20.3.